The normalized spacial score (nSPS) is 21.0. The summed E-state index contributed by atoms with van der Waals surface area (Å²) in [6, 6.07) is 0.743. The average Bonchev–Trinajstić information content (AvgIpc) is 2.98. The van der Waals surface area contributed by atoms with Crippen LogP contribution in [0.3, 0.4) is 0 Å². The van der Waals surface area contributed by atoms with E-state index in [1.807, 2.05) is 4.90 Å². The standard InChI is InChI=1S/C17H25N5O/c18-17-19-12-14(13-20-17)6-7-16(23)22-9-3-8-21(10-11-22)15-4-1-2-5-15/h6-7,12-13,15H,1-5,8-11H2,(H2,18,19,20)/b7-6+. The fraction of sp³-hybridized carbons (Fsp3) is 0.588. The van der Waals surface area contributed by atoms with E-state index in [1.165, 1.54) is 25.7 Å². The maximum Gasteiger partial charge on any atom is 0.246 e. The minimum atomic E-state index is 0.0649. The summed E-state index contributed by atoms with van der Waals surface area (Å²) in [5, 5.41) is 0. The summed E-state index contributed by atoms with van der Waals surface area (Å²) < 4.78 is 0. The number of aromatic nitrogens is 2. The Labute approximate surface area is 137 Å². The van der Waals surface area contributed by atoms with Gasteiger partial charge in [-0.05, 0) is 25.3 Å². The number of carbonyl (C=O) groups is 1. The highest BCUT2D eigenvalue weighted by atomic mass is 16.2. The summed E-state index contributed by atoms with van der Waals surface area (Å²) in [6.45, 7) is 3.77. The Morgan fingerprint density at radius 2 is 1.83 bits per heavy atom. The van der Waals surface area contributed by atoms with Crippen molar-refractivity contribution in [2.24, 2.45) is 0 Å². The van der Waals surface area contributed by atoms with Gasteiger partial charge < -0.3 is 10.6 Å². The van der Waals surface area contributed by atoms with Gasteiger partial charge in [0.25, 0.3) is 0 Å². The second-order valence-electron chi connectivity index (χ2n) is 6.36. The van der Waals surface area contributed by atoms with Crippen LogP contribution in [0.2, 0.25) is 0 Å². The van der Waals surface area contributed by atoms with Gasteiger partial charge in [0.1, 0.15) is 0 Å². The van der Waals surface area contributed by atoms with E-state index < -0.39 is 0 Å². The van der Waals surface area contributed by atoms with Gasteiger partial charge in [-0.25, -0.2) is 9.97 Å². The van der Waals surface area contributed by atoms with Crippen LogP contribution in [0.25, 0.3) is 6.08 Å². The molecular formula is C17H25N5O. The van der Waals surface area contributed by atoms with E-state index in [9.17, 15) is 4.79 Å². The number of carbonyl (C=O) groups excluding carboxylic acids is 1. The second-order valence-corrected chi connectivity index (χ2v) is 6.36. The number of nitrogens with zero attached hydrogens (tertiary/aromatic N) is 4. The molecule has 1 aromatic rings. The molecule has 1 aliphatic heterocycles. The molecule has 0 bridgehead atoms. The maximum absolute atomic E-state index is 12.4. The average molecular weight is 315 g/mol. The van der Waals surface area contributed by atoms with Crippen molar-refractivity contribution in [3.05, 3.63) is 24.0 Å². The molecular weight excluding hydrogens is 290 g/mol. The van der Waals surface area contributed by atoms with E-state index in [1.54, 1.807) is 24.5 Å². The molecule has 2 fully saturated rings. The molecule has 124 valence electrons. The number of rotatable bonds is 3. The molecule has 1 saturated carbocycles. The number of amides is 1. The van der Waals surface area contributed by atoms with Gasteiger partial charge in [0.2, 0.25) is 11.9 Å². The summed E-state index contributed by atoms with van der Waals surface area (Å²) in [5.41, 5.74) is 6.24. The lowest BCUT2D eigenvalue weighted by atomic mass is 10.2. The zero-order valence-electron chi connectivity index (χ0n) is 13.5. The van der Waals surface area contributed by atoms with Gasteiger partial charge in [-0.3, -0.25) is 9.69 Å². The van der Waals surface area contributed by atoms with Gasteiger partial charge in [0.05, 0.1) is 0 Å². The Bertz CT molecular complexity index is 551. The van der Waals surface area contributed by atoms with Crippen molar-refractivity contribution in [3.8, 4) is 0 Å². The Morgan fingerprint density at radius 1 is 1.09 bits per heavy atom. The Balaban J connectivity index is 1.54. The molecule has 0 atom stereocenters. The van der Waals surface area contributed by atoms with E-state index in [-0.39, 0.29) is 11.9 Å². The number of hydrogen-bond donors (Lipinski definition) is 1. The highest BCUT2D eigenvalue weighted by Crippen LogP contribution is 2.24. The lowest BCUT2D eigenvalue weighted by Gasteiger charge is -2.27. The lowest BCUT2D eigenvalue weighted by Crippen LogP contribution is -2.38. The van der Waals surface area contributed by atoms with Crippen LogP contribution in [0.15, 0.2) is 18.5 Å². The largest absolute Gasteiger partial charge is 0.368 e. The molecule has 6 heteroatoms. The Morgan fingerprint density at radius 3 is 2.57 bits per heavy atom. The van der Waals surface area contributed by atoms with E-state index >= 15 is 0 Å². The molecule has 1 amide bonds. The SMILES string of the molecule is Nc1ncc(/C=C/C(=O)N2CCCN(C3CCCC3)CC2)cn1. The summed E-state index contributed by atoms with van der Waals surface area (Å²) >= 11 is 0. The van der Waals surface area contributed by atoms with Crippen LogP contribution in [0, 0.1) is 0 Å². The van der Waals surface area contributed by atoms with Crippen molar-refractivity contribution in [1.29, 1.82) is 0 Å². The third-order valence-electron chi connectivity index (χ3n) is 4.79. The van der Waals surface area contributed by atoms with Gasteiger partial charge in [0.15, 0.2) is 0 Å². The van der Waals surface area contributed by atoms with Crippen LogP contribution < -0.4 is 5.73 Å². The first-order chi connectivity index (χ1) is 11.2. The molecule has 2 heterocycles. The van der Waals surface area contributed by atoms with E-state index in [0.717, 1.165) is 44.2 Å². The van der Waals surface area contributed by atoms with Crippen molar-refractivity contribution in [2.45, 2.75) is 38.1 Å². The third kappa shape index (κ3) is 4.28. The van der Waals surface area contributed by atoms with Crippen LogP contribution in [0.5, 0.6) is 0 Å². The fourth-order valence-corrected chi connectivity index (χ4v) is 3.50. The zero-order chi connectivity index (χ0) is 16.1. The molecule has 6 nitrogen and oxygen atoms in total. The molecule has 0 radical (unpaired) electrons. The fourth-order valence-electron chi connectivity index (χ4n) is 3.50. The van der Waals surface area contributed by atoms with Crippen LogP contribution in [0.4, 0.5) is 5.95 Å². The van der Waals surface area contributed by atoms with Crippen molar-refractivity contribution >= 4 is 17.9 Å². The molecule has 3 rings (SSSR count). The predicted molar refractivity (Wildman–Crippen MR) is 90.5 cm³/mol. The number of nitrogen functional groups attached to an aromatic ring is 1. The molecule has 0 unspecified atom stereocenters. The minimum Gasteiger partial charge on any atom is -0.368 e. The monoisotopic (exact) mass is 315 g/mol. The van der Waals surface area contributed by atoms with Crippen molar-refractivity contribution in [3.63, 3.8) is 0 Å². The maximum atomic E-state index is 12.4. The molecule has 2 N–H and O–H groups in total. The van der Waals surface area contributed by atoms with Gasteiger partial charge in [0, 0.05) is 56.3 Å². The van der Waals surface area contributed by atoms with Crippen molar-refractivity contribution in [2.75, 3.05) is 31.9 Å². The van der Waals surface area contributed by atoms with E-state index in [0.29, 0.717) is 0 Å². The van der Waals surface area contributed by atoms with Gasteiger partial charge in [-0.1, -0.05) is 12.8 Å². The second kappa shape index (κ2) is 7.55. The highest BCUT2D eigenvalue weighted by molar-refractivity contribution is 5.91. The van der Waals surface area contributed by atoms with E-state index in [2.05, 4.69) is 14.9 Å². The molecule has 2 aliphatic rings. The zero-order valence-corrected chi connectivity index (χ0v) is 13.5. The summed E-state index contributed by atoms with van der Waals surface area (Å²) in [4.78, 5) is 24.7. The van der Waals surface area contributed by atoms with Crippen molar-refractivity contribution < 1.29 is 4.79 Å². The lowest BCUT2D eigenvalue weighted by molar-refractivity contribution is -0.125. The highest BCUT2D eigenvalue weighted by Gasteiger charge is 2.25. The first-order valence-corrected chi connectivity index (χ1v) is 8.51. The third-order valence-corrected chi connectivity index (χ3v) is 4.79. The number of hydrogen-bond acceptors (Lipinski definition) is 5. The molecule has 1 aliphatic carbocycles. The summed E-state index contributed by atoms with van der Waals surface area (Å²) in [7, 11) is 0. The van der Waals surface area contributed by atoms with Gasteiger partial charge >= 0.3 is 0 Å². The first-order valence-electron chi connectivity index (χ1n) is 8.51. The smallest absolute Gasteiger partial charge is 0.246 e. The Kier molecular flexibility index (Phi) is 5.23. The van der Waals surface area contributed by atoms with E-state index in [4.69, 9.17) is 5.73 Å². The van der Waals surface area contributed by atoms with Crippen LogP contribution in [-0.4, -0.2) is 57.9 Å². The summed E-state index contributed by atoms with van der Waals surface area (Å²) in [6.07, 6.45) is 13.0. The molecule has 23 heavy (non-hydrogen) atoms. The number of nitrogens with two attached hydrogens (primary N) is 1. The van der Waals surface area contributed by atoms with Crippen LogP contribution >= 0.6 is 0 Å². The molecule has 1 saturated heterocycles. The molecule has 1 aromatic heterocycles. The Hall–Kier alpha value is -1.95. The molecule has 0 spiro atoms. The predicted octanol–water partition coefficient (Wildman–Crippen LogP) is 1.55. The summed E-state index contributed by atoms with van der Waals surface area (Å²) in [5.74, 6) is 0.308. The minimum absolute atomic E-state index is 0.0649. The first kappa shape index (κ1) is 15.9. The molecule has 0 aromatic carbocycles. The quantitative estimate of drug-likeness (QED) is 0.857. The van der Waals surface area contributed by atoms with Gasteiger partial charge in [-0.15, -0.1) is 0 Å². The van der Waals surface area contributed by atoms with Crippen molar-refractivity contribution in [1.82, 2.24) is 19.8 Å². The van der Waals surface area contributed by atoms with Gasteiger partial charge in [-0.2, -0.15) is 0 Å². The van der Waals surface area contributed by atoms with Crippen LogP contribution in [0.1, 0.15) is 37.7 Å². The number of anilines is 1. The topological polar surface area (TPSA) is 75.3 Å². The van der Waals surface area contributed by atoms with Crippen LogP contribution in [-0.2, 0) is 4.79 Å².